The Balaban J connectivity index is 1.52. The molecule has 0 unspecified atom stereocenters. The first-order chi connectivity index (χ1) is 21.5. The second-order valence-electron chi connectivity index (χ2n) is 11.0. The van der Waals surface area contributed by atoms with Gasteiger partial charge in [0, 0.05) is 11.8 Å². The number of aryl methyl sites for hydroxylation is 4. The number of esters is 3. The number of hydrogen-bond acceptors (Lipinski definition) is 9. The van der Waals surface area contributed by atoms with Crippen molar-refractivity contribution < 1.29 is 33.3 Å². The molecular formula is C34H32N2O9. The minimum atomic E-state index is -1.39. The molecule has 1 aromatic heterocycles. The molecule has 1 saturated heterocycles. The highest BCUT2D eigenvalue weighted by Gasteiger charge is 2.51. The monoisotopic (exact) mass is 612 g/mol. The van der Waals surface area contributed by atoms with Crippen LogP contribution in [0.2, 0.25) is 0 Å². The van der Waals surface area contributed by atoms with E-state index in [4.69, 9.17) is 18.9 Å². The summed E-state index contributed by atoms with van der Waals surface area (Å²) in [4.78, 5) is 66.9. The summed E-state index contributed by atoms with van der Waals surface area (Å²) in [5, 5.41) is 0. The lowest BCUT2D eigenvalue weighted by Crippen LogP contribution is -2.43. The van der Waals surface area contributed by atoms with Gasteiger partial charge in [0.1, 0.15) is 12.7 Å². The van der Waals surface area contributed by atoms with Crippen LogP contribution in [0.4, 0.5) is 0 Å². The van der Waals surface area contributed by atoms with E-state index in [1.165, 1.54) is 13.1 Å². The number of benzene rings is 3. The first-order valence-electron chi connectivity index (χ1n) is 14.3. The van der Waals surface area contributed by atoms with Crippen molar-refractivity contribution >= 4 is 17.9 Å². The number of aromatic amines is 1. The van der Waals surface area contributed by atoms with Crippen molar-refractivity contribution in [3.63, 3.8) is 0 Å². The van der Waals surface area contributed by atoms with Gasteiger partial charge in [0.2, 0.25) is 0 Å². The van der Waals surface area contributed by atoms with Crippen LogP contribution in [0.1, 0.15) is 59.6 Å². The third-order valence-corrected chi connectivity index (χ3v) is 7.43. The van der Waals surface area contributed by atoms with Crippen molar-refractivity contribution in [1.29, 1.82) is 0 Å². The number of aromatic nitrogens is 2. The summed E-state index contributed by atoms with van der Waals surface area (Å²) in [6.07, 6.45) is -3.99. The van der Waals surface area contributed by atoms with E-state index in [0.29, 0.717) is 0 Å². The third kappa shape index (κ3) is 7.10. The quantitative estimate of drug-likeness (QED) is 0.231. The van der Waals surface area contributed by atoms with Gasteiger partial charge >= 0.3 is 23.6 Å². The molecule has 0 bridgehead atoms. The molecule has 0 aliphatic carbocycles. The Morgan fingerprint density at radius 1 is 0.689 bits per heavy atom. The van der Waals surface area contributed by atoms with Crippen molar-refractivity contribution in [2.45, 2.75) is 52.2 Å². The van der Waals surface area contributed by atoms with Gasteiger partial charge in [-0.15, -0.1) is 0 Å². The molecule has 4 atom stereocenters. The molecule has 4 aromatic rings. The molecule has 1 aliphatic heterocycles. The molecule has 11 nitrogen and oxygen atoms in total. The number of nitrogens with zero attached hydrogens (tertiary/aromatic N) is 1. The number of rotatable bonds is 8. The standard InChI is InChI=1S/C34H32N2O9/c1-19-5-11-23(12-6-19)31(38)42-18-26-27(44-32(39)24-13-7-20(2)8-14-24)28(45-33(40)25-15-9-21(3)10-16-25)30(43-26)36-17-22(4)29(37)35-34(36)41/h5-17,26-28,30H,18H2,1-4H3,(H,35,37,41)/t26-,27-,28-,30-/m0/s1. The second kappa shape index (κ2) is 13.1. The molecule has 2 heterocycles. The highest BCUT2D eigenvalue weighted by Crippen LogP contribution is 2.35. The van der Waals surface area contributed by atoms with E-state index in [1.807, 2.05) is 20.8 Å². The fourth-order valence-corrected chi connectivity index (χ4v) is 4.80. The zero-order valence-electron chi connectivity index (χ0n) is 25.1. The van der Waals surface area contributed by atoms with Gasteiger partial charge in [0.25, 0.3) is 5.56 Å². The van der Waals surface area contributed by atoms with Gasteiger partial charge in [-0.2, -0.15) is 0 Å². The zero-order valence-corrected chi connectivity index (χ0v) is 25.1. The number of ether oxygens (including phenoxy) is 4. The van der Waals surface area contributed by atoms with Crippen LogP contribution < -0.4 is 11.2 Å². The van der Waals surface area contributed by atoms with Gasteiger partial charge in [-0.25, -0.2) is 19.2 Å². The number of nitrogens with one attached hydrogen (secondary N) is 1. The Bertz CT molecular complexity index is 1820. The van der Waals surface area contributed by atoms with Gasteiger partial charge in [-0.1, -0.05) is 53.1 Å². The number of carbonyl (C=O) groups is 3. The maximum absolute atomic E-state index is 13.4. The summed E-state index contributed by atoms with van der Waals surface area (Å²) < 4.78 is 24.6. The van der Waals surface area contributed by atoms with Crippen LogP contribution in [-0.4, -0.2) is 52.4 Å². The fourth-order valence-electron chi connectivity index (χ4n) is 4.80. The zero-order chi connectivity index (χ0) is 32.2. The first-order valence-corrected chi connectivity index (χ1v) is 14.3. The second-order valence-corrected chi connectivity index (χ2v) is 11.0. The normalized spacial score (nSPS) is 19.1. The maximum atomic E-state index is 13.4. The Kier molecular flexibility index (Phi) is 9.10. The number of carbonyl (C=O) groups excluding carboxylic acids is 3. The SMILES string of the molecule is Cc1ccc(C(=O)OC[C@@H]2O[C@H](n3cc(C)c(=O)[nH]c3=O)[C@@H](OC(=O)c3ccc(C)cc3)[C@H]2OC(=O)c2ccc(C)cc2)cc1. The van der Waals surface area contributed by atoms with E-state index >= 15 is 0 Å². The number of H-pyrrole nitrogens is 1. The Morgan fingerprint density at radius 3 is 1.62 bits per heavy atom. The predicted octanol–water partition coefficient (Wildman–Crippen LogP) is 3.98. The lowest BCUT2D eigenvalue weighted by atomic mass is 10.1. The van der Waals surface area contributed by atoms with Gasteiger partial charge in [-0.05, 0) is 64.1 Å². The lowest BCUT2D eigenvalue weighted by molar-refractivity contribution is -0.0640. The van der Waals surface area contributed by atoms with E-state index in [1.54, 1.807) is 72.8 Å². The van der Waals surface area contributed by atoms with Crippen LogP contribution in [-0.2, 0) is 18.9 Å². The van der Waals surface area contributed by atoms with Crippen LogP contribution in [0.15, 0.2) is 88.6 Å². The van der Waals surface area contributed by atoms with Gasteiger partial charge < -0.3 is 18.9 Å². The van der Waals surface area contributed by atoms with Crippen LogP contribution in [0.3, 0.4) is 0 Å². The molecule has 1 aliphatic rings. The third-order valence-electron chi connectivity index (χ3n) is 7.43. The summed E-state index contributed by atoms with van der Waals surface area (Å²) in [7, 11) is 0. The van der Waals surface area contributed by atoms with E-state index in [0.717, 1.165) is 21.3 Å². The minimum Gasteiger partial charge on any atom is -0.459 e. The molecule has 1 N–H and O–H groups in total. The minimum absolute atomic E-state index is 0.185. The number of hydrogen-bond donors (Lipinski definition) is 1. The van der Waals surface area contributed by atoms with Crippen LogP contribution >= 0.6 is 0 Å². The average Bonchev–Trinajstić information content (AvgIpc) is 3.34. The fraction of sp³-hybridized carbons (Fsp3) is 0.265. The van der Waals surface area contributed by atoms with Crippen LogP contribution in [0, 0.1) is 27.7 Å². The smallest absolute Gasteiger partial charge is 0.338 e. The van der Waals surface area contributed by atoms with Crippen LogP contribution in [0.5, 0.6) is 0 Å². The Morgan fingerprint density at radius 2 is 1.13 bits per heavy atom. The van der Waals surface area contributed by atoms with Gasteiger partial charge in [-0.3, -0.25) is 14.3 Å². The molecule has 0 amide bonds. The van der Waals surface area contributed by atoms with Crippen LogP contribution in [0.25, 0.3) is 0 Å². The first kappa shape index (κ1) is 31.1. The molecule has 11 heteroatoms. The van der Waals surface area contributed by atoms with Crippen molar-refractivity contribution in [2.24, 2.45) is 0 Å². The summed E-state index contributed by atoms with van der Waals surface area (Å²) in [5.74, 6) is -2.17. The molecule has 0 radical (unpaired) electrons. The van der Waals surface area contributed by atoms with E-state index in [-0.39, 0.29) is 22.3 Å². The van der Waals surface area contributed by atoms with Crippen molar-refractivity contribution in [2.75, 3.05) is 6.61 Å². The Hall–Kier alpha value is -5.29. The lowest BCUT2D eigenvalue weighted by Gasteiger charge is -2.25. The summed E-state index contributed by atoms with van der Waals surface area (Å²) in [5.41, 5.74) is 2.26. The van der Waals surface area contributed by atoms with E-state index < -0.39 is 60.3 Å². The topological polar surface area (TPSA) is 143 Å². The summed E-state index contributed by atoms with van der Waals surface area (Å²) >= 11 is 0. The predicted molar refractivity (Wildman–Crippen MR) is 162 cm³/mol. The molecule has 5 rings (SSSR count). The van der Waals surface area contributed by atoms with Crippen molar-refractivity contribution in [1.82, 2.24) is 9.55 Å². The van der Waals surface area contributed by atoms with E-state index in [2.05, 4.69) is 4.98 Å². The largest absolute Gasteiger partial charge is 0.459 e. The molecule has 1 fully saturated rings. The highest BCUT2D eigenvalue weighted by molar-refractivity contribution is 5.91. The van der Waals surface area contributed by atoms with Gasteiger partial charge in [0.05, 0.1) is 16.7 Å². The molecule has 0 saturated carbocycles. The summed E-state index contributed by atoms with van der Waals surface area (Å²) in [6.45, 7) is 6.70. The molecular weight excluding hydrogens is 580 g/mol. The molecule has 232 valence electrons. The van der Waals surface area contributed by atoms with Crippen molar-refractivity contribution in [3.05, 3.63) is 139 Å². The molecule has 45 heavy (non-hydrogen) atoms. The average molecular weight is 613 g/mol. The summed E-state index contributed by atoms with van der Waals surface area (Å²) in [6, 6.07) is 20.0. The van der Waals surface area contributed by atoms with Crippen molar-refractivity contribution in [3.8, 4) is 0 Å². The molecule has 3 aromatic carbocycles. The maximum Gasteiger partial charge on any atom is 0.338 e. The van der Waals surface area contributed by atoms with Gasteiger partial charge in [0.15, 0.2) is 18.4 Å². The highest BCUT2D eigenvalue weighted by atomic mass is 16.7. The Labute approximate surface area is 258 Å². The molecule has 0 spiro atoms. The van der Waals surface area contributed by atoms with E-state index in [9.17, 15) is 24.0 Å².